The molecule has 2 aromatic heterocycles. The third-order valence-electron chi connectivity index (χ3n) is 3.87. The van der Waals surface area contributed by atoms with E-state index >= 15 is 0 Å². The van der Waals surface area contributed by atoms with Crippen molar-refractivity contribution in [3.63, 3.8) is 0 Å². The number of hydrogen-bond acceptors (Lipinski definition) is 6. The molecule has 0 atom stereocenters. The van der Waals surface area contributed by atoms with Crippen LogP contribution >= 0.6 is 11.8 Å². The molecular weight excluding hydrogens is 371 g/mol. The van der Waals surface area contributed by atoms with E-state index in [1.54, 1.807) is 36.7 Å². The van der Waals surface area contributed by atoms with Gasteiger partial charge in [0.05, 0.1) is 25.7 Å². The van der Waals surface area contributed by atoms with Crippen LogP contribution in [-0.2, 0) is 17.9 Å². The van der Waals surface area contributed by atoms with Crippen molar-refractivity contribution in [3.8, 4) is 5.75 Å². The molecule has 0 spiro atoms. The number of rotatable bonds is 8. The molecular formula is C18H19FN4O3S. The molecule has 0 N–H and O–H groups in total. The quantitative estimate of drug-likeness (QED) is 0.551. The number of benzene rings is 1. The van der Waals surface area contributed by atoms with Crippen molar-refractivity contribution < 1.29 is 18.3 Å². The van der Waals surface area contributed by atoms with Crippen LogP contribution in [-0.4, -0.2) is 45.5 Å². The van der Waals surface area contributed by atoms with Crippen LogP contribution in [0.1, 0.15) is 11.3 Å². The zero-order valence-electron chi connectivity index (χ0n) is 15.0. The van der Waals surface area contributed by atoms with Gasteiger partial charge in [-0.05, 0) is 29.8 Å². The number of thioether (sulfide) groups is 1. The molecule has 0 fully saturated rings. The summed E-state index contributed by atoms with van der Waals surface area (Å²) in [6.45, 7) is 0.802. The number of methoxy groups -OCH3 is 1. The maximum Gasteiger partial charge on any atom is 0.233 e. The van der Waals surface area contributed by atoms with Gasteiger partial charge in [0.25, 0.3) is 0 Å². The predicted octanol–water partition coefficient (Wildman–Crippen LogP) is 2.82. The van der Waals surface area contributed by atoms with Crippen LogP contribution in [0.2, 0.25) is 0 Å². The van der Waals surface area contributed by atoms with Crippen molar-refractivity contribution in [1.82, 2.24) is 19.7 Å². The van der Waals surface area contributed by atoms with Crippen molar-refractivity contribution in [2.24, 2.45) is 0 Å². The van der Waals surface area contributed by atoms with Gasteiger partial charge in [-0.1, -0.05) is 17.8 Å². The van der Waals surface area contributed by atoms with E-state index in [4.69, 9.17) is 9.15 Å². The lowest BCUT2D eigenvalue weighted by Crippen LogP contribution is -2.28. The third-order valence-corrected chi connectivity index (χ3v) is 4.84. The summed E-state index contributed by atoms with van der Waals surface area (Å²) in [6, 6.07) is 8.33. The molecule has 0 saturated heterocycles. The second-order valence-electron chi connectivity index (χ2n) is 5.83. The smallest absolute Gasteiger partial charge is 0.233 e. The van der Waals surface area contributed by atoms with E-state index < -0.39 is 5.82 Å². The lowest BCUT2D eigenvalue weighted by Gasteiger charge is -2.17. The van der Waals surface area contributed by atoms with Crippen molar-refractivity contribution in [2.45, 2.75) is 18.2 Å². The van der Waals surface area contributed by atoms with E-state index in [0.717, 1.165) is 5.76 Å². The lowest BCUT2D eigenvalue weighted by molar-refractivity contribution is -0.127. The summed E-state index contributed by atoms with van der Waals surface area (Å²) < 4.78 is 25.8. The van der Waals surface area contributed by atoms with Gasteiger partial charge in [0, 0.05) is 13.6 Å². The molecule has 3 rings (SSSR count). The molecule has 0 aliphatic heterocycles. The Morgan fingerprint density at radius 2 is 2.26 bits per heavy atom. The zero-order chi connectivity index (χ0) is 19.2. The highest BCUT2D eigenvalue weighted by Crippen LogP contribution is 2.20. The highest BCUT2D eigenvalue weighted by Gasteiger charge is 2.14. The molecule has 2 heterocycles. The molecule has 0 saturated carbocycles. The summed E-state index contributed by atoms with van der Waals surface area (Å²) in [5.41, 5.74) is 0.690. The Balaban J connectivity index is 1.55. The van der Waals surface area contributed by atoms with Crippen LogP contribution in [0.15, 0.2) is 52.5 Å². The van der Waals surface area contributed by atoms with Crippen LogP contribution in [0.4, 0.5) is 4.39 Å². The van der Waals surface area contributed by atoms with Crippen molar-refractivity contribution in [1.29, 1.82) is 0 Å². The molecule has 142 valence electrons. The summed E-state index contributed by atoms with van der Waals surface area (Å²) in [5.74, 6) is 0.618. The fourth-order valence-corrected chi connectivity index (χ4v) is 3.30. The van der Waals surface area contributed by atoms with Gasteiger partial charge in [-0.3, -0.25) is 4.79 Å². The number of aromatic nitrogens is 3. The molecule has 3 aromatic rings. The Hall–Kier alpha value is -2.81. The number of carbonyl (C=O) groups excluding carboxylic acids is 1. The maximum atomic E-state index is 13.8. The predicted molar refractivity (Wildman–Crippen MR) is 98.0 cm³/mol. The third kappa shape index (κ3) is 4.88. The molecule has 0 bridgehead atoms. The number of amides is 1. The summed E-state index contributed by atoms with van der Waals surface area (Å²) >= 11 is 1.29. The van der Waals surface area contributed by atoms with Gasteiger partial charge >= 0.3 is 0 Å². The van der Waals surface area contributed by atoms with Gasteiger partial charge in [-0.15, -0.1) is 10.2 Å². The van der Waals surface area contributed by atoms with E-state index in [2.05, 4.69) is 10.2 Å². The zero-order valence-corrected chi connectivity index (χ0v) is 15.8. The minimum Gasteiger partial charge on any atom is -0.494 e. The summed E-state index contributed by atoms with van der Waals surface area (Å²) in [4.78, 5) is 13.9. The SMILES string of the molecule is COc1ccc(CN(C)C(=O)CSc2nncn2Cc2ccco2)cc1F. The fraction of sp³-hybridized carbons (Fsp3) is 0.278. The molecule has 1 amide bonds. The topological polar surface area (TPSA) is 73.4 Å². The van der Waals surface area contributed by atoms with Gasteiger partial charge in [0.1, 0.15) is 12.1 Å². The molecule has 27 heavy (non-hydrogen) atoms. The van der Waals surface area contributed by atoms with Gasteiger partial charge in [-0.25, -0.2) is 4.39 Å². The van der Waals surface area contributed by atoms with E-state index in [9.17, 15) is 9.18 Å². The summed E-state index contributed by atoms with van der Waals surface area (Å²) in [5, 5.41) is 8.56. The molecule has 0 unspecified atom stereocenters. The first-order valence-corrected chi connectivity index (χ1v) is 9.14. The standard InChI is InChI=1S/C18H19FN4O3S/c1-22(9-13-5-6-16(25-2)15(19)8-13)17(24)11-27-18-21-20-12-23(18)10-14-4-3-7-26-14/h3-8,12H,9-11H2,1-2H3. The van der Waals surface area contributed by atoms with Crippen LogP contribution < -0.4 is 4.74 Å². The number of hydrogen-bond donors (Lipinski definition) is 0. The number of ether oxygens (including phenoxy) is 1. The first-order chi connectivity index (χ1) is 13.1. The van der Waals surface area contributed by atoms with E-state index in [-0.39, 0.29) is 17.4 Å². The second kappa shape index (κ2) is 8.72. The van der Waals surface area contributed by atoms with Crippen molar-refractivity contribution in [3.05, 3.63) is 60.1 Å². The second-order valence-corrected chi connectivity index (χ2v) is 6.77. The average molecular weight is 390 g/mol. The summed E-state index contributed by atoms with van der Waals surface area (Å²) in [7, 11) is 3.09. The maximum absolute atomic E-state index is 13.8. The first-order valence-electron chi connectivity index (χ1n) is 8.16. The number of furan rings is 1. The highest BCUT2D eigenvalue weighted by atomic mass is 32.2. The van der Waals surface area contributed by atoms with Gasteiger partial charge < -0.3 is 18.6 Å². The first kappa shape index (κ1) is 19.0. The van der Waals surface area contributed by atoms with Gasteiger partial charge in [0.2, 0.25) is 5.91 Å². The molecule has 1 aromatic carbocycles. The fourth-order valence-electron chi connectivity index (χ4n) is 2.44. The largest absolute Gasteiger partial charge is 0.494 e. The van der Waals surface area contributed by atoms with Gasteiger partial charge in [-0.2, -0.15) is 0 Å². The van der Waals surface area contributed by atoms with E-state index in [0.29, 0.717) is 23.8 Å². The minimum atomic E-state index is -0.448. The van der Waals surface area contributed by atoms with Crippen molar-refractivity contribution >= 4 is 17.7 Å². The Kier molecular flexibility index (Phi) is 6.12. The van der Waals surface area contributed by atoms with Gasteiger partial charge in [0.15, 0.2) is 16.7 Å². The Morgan fingerprint density at radius 1 is 1.41 bits per heavy atom. The molecule has 7 nitrogen and oxygen atoms in total. The van der Waals surface area contributed by atoms with Crippen LogP contribution in [0.25, 0.3) is 0 Å². The number of halogens is 1. The average Bonchev–Trinajstić information content (AvgIpc) is 3.32. The lowest BCUT2D eigenvalue weighted by atomic mass is 10.2. The molecule has 0 aliphatic rings. The monoisotopic (exact) mass is 390 g/mol. The Morgan fingerprint density at radius 3 is 2.96 bits per heavy atom. The van der Waals surface area contributed by atoms with E-state index in [1.807, 2.05) is 16.7 Å². The normalized spacial score (nSPS) is 10.8. The number of nitrogens with zero attached hydrogens (tertiary/aromatic N) is 4. The van der Waals surface area contributed by atoms with Crippen molar-refractivity contribution in [2.75, 3.05) is 19.9 Å². The minimum absolute atomic E-state index is 0.0937. The summed E-state index contributed by atoms with van der Waals surface area (Å²) in [6.07, 6.45) is 3.20. The highest BCUT2D eigenvalue weighted by molar-refractivity contribution is 7.99. The van der Waals surface area contributed by atoms with Crippen LogP contribution in [0, 0.1) is 5.82 Å². The van der Waals surface area contributed by atoms with E-state index in [1.165, 1.54) is 24.9 Å². The van der Waals surface area contributed by atoms with Crippen LogP contribution in [0.3, 0.4) is 0 Å². The number of carbonyl (C=O) groups is 1. The molecule has 9 heteroatoms. The molecule has 0 aliphatic carbocycles. The molecule has 0 radical (unpaired) electrons. The Labute approximate surface area is 160 Å². The Bertz CT molecular complexity index is 898. The van der Waals surface area contributed by atoms with Crippen LogP contribution in [0.5, 0.6) is 5.75 Å².